The van der Waals surface area contributed by atoms with E-state index in [-0.39, 0.29) is 51.2 Å². The van der Waals surface area contributed by atoms with Gasteiger partial charge in [-0.2, -0.15) is 0 Å². The molecule has 4 saturated heterocycles. The second-order valence-corrected chi connectivity index (χ2v) is 16.1. The normalized spacial score (nSPS) is 24.0. The molecule has 0 spiro atoms. The van der Waals surface area contributed by atoms with E-state index >= 15 is 0 Å². The van der Waals surface area contributed by atoms with Gasteiger partial charge in [0, 0.05) is 47.6 Å². The lowest BCUT2D eigenvalue weighted by Crippen LogP contribution is -2.63. The number of nitrogens with zero attached hydrogens (tertiary/aromatic N) is 6. The average molecular weight is 851 g/mol. The van der Waals surface area contributed by atoms with Crippen molar-refractivity contribution >= 4 is 86.8 Å². The van der Waals surface area contributed by atoms with Gasteiger partial charge in [-0.15, -0.1) is 23.1 Å². The number of carbonyl (C=O) groups is 6. The number of aromatic nitrogens is 1. The van der Waals surface area contributed by atoms with Crippen LogP contribution in [0.5, 0.6) is 11.5 Å². The van der Waals surface area contributed by atoms with Crippen LogP contribution in [0.2, 0.25) is 5.02 Å². The SMILES string of the molecule is CO/N=C(\C(=O)N1CC[N+]2(CC3=C(C(=O)O)N4C(=O)[C@@H](CC(=O)/C(=N\O[C@@H](CC(=O)O)C(=O)O)c5csc(N)n5)[C@H]4SC3)CCC1CC2)c1ccc(O)c(O)c1Cl. The van der Waals surface area contributed by atoms with Gasteiger partial charge in [0.25, 0.3) is 5.91 Å². The summed E-state index contributed by atoms with van der Waals surface area (Å²) in [4.78, 5) is 93.4. The van der Waals surface area contributed by atoms with Crippen LogP contribution in [0.3, 0.4) is 0 Å². The number of hydrogen-bond donors (Lipinski definition) is 6. The van der Waals surface area contributed by atoms with E-state index in [0.717, 1.165) is 11.3 Å². The molecule has 1 aromatic carbocycles. The molecule has 5 aliphatic heterocycles. The molecule has 23 heteroatoms. The molecule has 6 heterocycles. The molecule has 1 aromatic heterocycles. The number of thioether (sulfide) groups is 1. The number of nitrogens with two attached hydrogens (primary N) is 1. The molecule has 57 heavy (non-hydrogen) atoms. The maximum atomic E-state index is 14.0. The van der Waals surface area contributed by atoms with E-state index < -0.39 is 83.0 Å². The smallest absolute Gasteiger partial charge is 0.352 e. The highest BCUT2D eigenvalue weighted by Crippen LogP contribution is 2.46. The summed E-state index contributed by atoms with van der Waals surface area (Å²) in [6.07, 6.45) is -2.17. The number of thiazole rings is 1. The molecule has 0 saturated carbocycles. The Labute approximate surface area is 336 Å². The van der Waals surface area contributed by atoms with Crippen LogP contribution >= 0.6 is 34.7 Å². The molecular formula is C34H37ClN7O13S2+. The molecule has 0 aliphatic carbocycles. The summed E-state index contributed by atoms with van der Waals surface area (Å²) >= 11 is 8.53. The van der Waals surface area contributed by atoms with Gasteiger partial charge in [0.1, 0.15) is 25.0 Å². The number of phenolic OH excluding ortho intramolecular Hbond substituents is 2. The summed E-state index contributed by atoms with van der Waals surface area (Å²) < 4.78 is 0.453. The lowest BCUT2D eigenvalue weighted by atomic mass is 9.89. The molecular weight excluding hydrogens is 814 g/mol. The molecule has 2 aromatic rings. The molecule has 4 fully saturated rings. The van der Waals surface area contributed by atoms with Crippen molar-refractivity contribution in [3.63, 3.8) is 0 Å². The van der Waals surface area contributed by atoms with E-state index in [2.05, 4.69) is 15.3 Å². The zero-order chi connectivity index (χ0) is 41.3. The number of aromatic hydroxyl groups is 2. The number of carboxylic acids is 3. The number of ketones is 1. The number of fused-ring (bicyclic) bond motifs is 5. The van der Waals surface area contributed by atoms with Crippen molar-refractivity contribution in [2.75, 3.05) is 51.3 Å². The first-order valence-corrected chi connectivity index (χ1v) is 19.7. The summed E-state index contributed by atoms with van der Waals surface area (Å²) in [6, 6.07) is 2.35. The Morgan fingerprint density at radius 1 is 1.09 bits per heavy atom. The minimum Gasteiger partial charge on any atom is -0.504 e. The van der Waals surface area contributed by atoms with Gasteiger partial charge in [0.05, 0.1) is 48.9 Å². The quantitative estimate of drug-likeness (QED) is 0.0482. The predicted molar refractivity (Wildman–Crippen MR) is 201 cm³/mol. The highest BCUT2D eigenvalue weighted by molar-refractivity contribution is 8.00. The van der Waals surface area contributed by atoms with Gasteiger partial charge in [0.2, 0.25) is 12.0 Å². The number of amides is 2. The van der Waals surface area contributed by atoms with E-state index in [4.69, 9.17) is 32.1 Å². The van der Waals surface area contributed by atoms with Crippen molar-refractivity contribution in [2.45, 2.75) is 43.2 Å². The number of halogens is 1. The number of anilines is 1. The molecule has 7 rings (SSSR count). The van der Waals surface area contributed by atoms with E-state index in [9.17, 15) is 49.2 Å². The number of β-lactam (4-membered cyclic amide) rings is 1. The fourth-order valence-corrected chi connectivity index (χ4v) is 9.73. The largest absolute Gasteiger partial charge is 0.504 e. The fourth-order valence-electron chi connectivity index (χ4n) is 7.53. The van der Waals surface area contributed by atoms with Crippen molar-refractivity contribution in [2.24, 2.45) is 16.2 Å². The van der Waals surface area contributed by atoms with Crippen LogP contribution in [0, 0.1) is 5.92 Å². The van der Waals surface area contributed by atoms with Gasteiger partial charge < -0.3 is 50.3 Å². The van der Waals surface area contributed by atoms with Crippen LogP contribution in [0.25, 0.3) is 0 Å². The Morgan fingerprint density at radius 3 is 2.42 bits per heavy atom. The van der Waals surface area contributed by atoms with Crippen LogP contribution in [-0.4, -0.2) is 155 Å². The van der Waals surface area contributed by atoms with Gasteiger partial charge in [-0.3, -0.25) is 24.1 Å². The molecule has 3 atom stereocenters. The highest BCUT2D eigenvalue weighted by atomic mass is 35.5. The third-order valence-corrected chi connectivity index (χ3v) is 12.8. The number of nitrogen functional groups attached to an aromatic ring is 1. The molecule has 20 nitrogen and oxygen atoms in total. The first-order chi connectivity index (χ1) is 27.1. The first-order valence-electron chi connectivity index (χ1n) is 17.4. The third kappa shape index (κ3) is 8.20. The summed E-state index contributed by atoms with van der Waals surface area (Å²) in [7, 11) is 1.26. The molecule has 5 aliphatic rings. The monoisotopic (exact) mass is 850 g/mol. The Hall–Kier alpha value is -5.45. The molecule has 7 N–H and O–H groups in total. The Bertz CT molecular complexity index is 2120. The first kappa shape index (κ1) is 41.2. The maximum absolute atomic E-state index is 14.0. The van der Waals surface area contributed by atoms with Gasteiger partial charge in [0.15, 0.2) is 33.8 Å². The number of hydrogen-bond acceptors (Lipinski definition) is 16. The molecule has 2 amide bonds. The minimum absolute atomic E-state index is 0.0486. The summed E-state index contributed by atoms with van der Waals surface area (Å²) in [5.41, 5.74) is 5.44. The zero-order valence-electron chi connectivity index (χ0n) is 30.1. The summed E-state index contributed by atoms with van der Waals surface area (Å²) in [5, 5.41) is 56.9. The van der Waals surface area contributed by atoms with E-state index in [1.54, 1.807) is 4.90 Å². The van der Waals surface area contributed by atoms with Crippen molar-refractivity contribution in [3.05, 3.63) is 45.1 Å². The standard InChI is InChI=1S/C34H36ClN7O13S2/c1-54-38-25(17-2-3-20(43)28(47)24(17)35)30(49)40-6-9-42(7-4-16(40)5-8-42)12-15-13-56-31-18(29(48)41(31)27(15)33(52)53)10-21(44)26(19-14-57-34(36)37-19)39-55-22(32(50)51)11-23(45)46/h2-3,14,16,18,22,31H,4-13H2,1H3,(H6-,36,37,38,39,43,44,45,46,47,49,50,51,52,53)/p+1/t16?,18-,22+,31-,42?/m1/s1. The second-order valence-electron chi connectivity index (χ2n) is 13.8. The van der Waals surface area contributed by atoms with Gasteiger partial charge >= 0.3 is 17.9 Å². The summed E-state index contributed by atoms with van der Waals surface area (Å²) in [6.45, 7) is 2.24. The van der Waals surface area contributed by atoms with Crippen LogP contribution in [0.4, 0.5) is 5.13 Å². The van der Waals surface area contributed by atoms with Crippen LogP contribution in [-0.2, 0) is 38.4 Å². The second kappa shape index (κ2) is 16.6. The highest BCUT2D eigenvalue weighted by Gasteiger charge is 2.55. The Morgan fingerprint density at radius 2 is 1.81 bits per heavy atom. The molecule has 2 bridgehead atoms. The number of quaternary nitrogens is 1. The van der Waals surface area contributed by atoms with Gasteiger partial charge in [-0.05, 0) is 12.1 Å². The van der Waals surface area contributed by atoms with Gasteiger partial charge in [-0.25, -0.2) is 14.6 Å². The van der Waals surface area contributed by atoms with Crippen LogP contribution in [0.15, 0.2) is 39.1 Å². The molecule has 0 radical (unpaired) electrons. The Balaban J connectivity index is 1.18. The number of oxime groups is 2. The van der Waals surface area contributed by atoms with E-state index in [1.165, 1.54) is 41.3 Å². The molecule has 304 valence electrons. The van der Waals surface area contributed by atoms with Crippen molar-refractivity contribution in [3.8, 4) is 11.5 Å². The number of benzene rings is 1. The molecule has 0 unspecified atom stereocenters. The predicted octanol–water partition coefficient (Wildman–Crippen LogP) is 1.14. The lowest BCUT2D eigenvalue weighted by molar-refractivity contribution is -0.924. The number of carboxylic acid groups (broad SMARTS) is 3. The number of rotatable bonds is 15. The fraction of sp³-hybridized carbons (Fsp3) is 0.441. The van der Waals surface area contributed by atoms with Crippen molar-refractivity contribution < 1.29 is 68.5 Å². The minimum atomic E-state index is -1.93. The van der Waals surface area contributed by atoms with Crippen LogP contribution < -0.4 is 5.73 Å². The number of aliphatic carboxylic acids is 3. The lowest BCUT2D eigenvalue weighted by Gasteiger charge is -2.50. The van der Waals surface area contributed by atoms with E-state index in [0.29, 0.717) is 49.1 Å². The number of piperidine rings is 1. The number of phenols is 2. The summed E-state index contributed by atoms with van der Waals surface area (Å²) in [5.74, 6) is -8.13. The number of carbonyl (C=O) groups excluding carboxylic acids is 3. The zero-order valence-corrected chi connectivity index (χ0v) is 32.5. The van der Waals surface area contributed by atoms with Crippen molar-refractivity contribution in [1.82, 2.24) is 14.8 Å². The van der Waals surface area contributed by atoms with E-state index in [1.807, 2.05) is 0 Å². The third-order valence-electron chi connectivity index (χ3n) is 10.4. The van der Waals surface area contributed by atoms with Crippen LogP contribution in [0.1, 0.15) is 36.9 Å². The average Bonchev–Trinajstić information content (AvgIpc) is 3.41. The maximum Gasteiger partial charge on any atom is 0.352 e. The van der Waals surface area contributed by atoms with Crippen molar-refractivity contribution in [1.29, 1.82) is 0 Å². The Kier molecular flexibility index (Phi) is 12.0. The van der Waals surface area contributed by atoms with Gasteiger partial charge in [-0.1, -0.05) is 21.9 Å². The number of Topliss-reactive ketones (excluding diaryl/α,β-unsaturated/α-hetero) is 1. The topological polar surface area (TPSA) is 292 Å².